The SMILES string of the molecule is O=C(CCCC(=O)C1=CC2CCCCC2CCC1)CCCC1C=C(F)C=CC1. The van der Waals surface area contributed by atoms with E-state index in [1.807, 2.05) is 6.08 Å². The summed E-state index contributed by atoms with van der Waals surface area (Å²) in [6, 6.07) is 0. The molecule has 3 aliphatic carbocycles. The molecule has 154 valence electrons. The van der Waals surface area contributed by atoms with Crippen LogP contribution in [0.25, 0.3) is 0 Å². The molecule has 0 bridgehead atoms. The highest BCUT2D eigenvalue weighted by molar-refractivity contribution is 5.95. The molecule has 28 heavy (non-hydrogen) atoms. The lowest BCUT2D eigenvalue weighted by molar-refractivity contribution is -0.119. The lowest BCUT2D eigenvalue weighted by atomic mass is 9.77. The Labute approximate surface area is 169 Å². The molecule has 0 aromatic carbocycles. The van der Waals surface area contributed by atoms with E-state index in [2.05, 4.69) is 6.08 Å². The first-order valence-corrected chi connectivity index (χ1v) is 11.4. The Balaban J connectivity index is 1.33. The number of Topliss-reactive ketones (excluding diaryl/α,β-unsaturated/α-hetero) is 2. The van der Waals surface area contributed by atoms with E-state index in [-0.39, 0.29) is 23.3 Å². The van der Waals surface area contributed by atoms with Gasteiger partial charge >= 0.3 is 0 Å². The molecule has 0 amide bonds. The van der Waals surface area contributed by atoms with Gasteiger partial charge in [-0.15, -0.1) is 0 Å². The van der Waals surface area contributed by atoms with Crippen LogP contribution in [0, 0.1) is 17.8 Å². The monoisotopic (exact) mass is 386 g/mol. The van der Waals surface area contributed by atoms with Crippen molar-refractivity contribution in [3.63, 3.8) is 0 Å². The third kappa shape index (κ3) is 6.53. The van der Waals surface area contributed by atoms with Gasteiger partial charge in [-0.3, -0.25) is 9.59 Å². The highest BCUT2D eigenvalue weighted by Gasteiger charge is 2.27. The summed E-state index contributed by atoms with van der Waals surface area (Å²) in [4.78, 5) is 24.8. The molecule has 0 spiro atoms. The molecule has 3 rings (SSSR count). The van der Waals surface area contributed by atoms with Crippen LogP contribution in [0.3, 0.4) is 0 Å². The summed E-state index contributed by atoms with van der Waals surface area (Å²) in [6.45, 7) is 0. The third-order valence-electron chi connectivity index (χ3n) is 6.76. The molecule has 0 heterocycles. The maximum Gasteiger partial charge on any atom is 0.158 e. The first-order chi connectivity index (χ1) is 13.6. The first-order valence-electron chi connectivity index (χ1n) is 11.4. The second-order valence-corrected chi connectivity index (χ2v) is 8.95. The molecule has 1 fully saturated rings. The van der Waals surface area contributed by atoms with E-state index in [1.165, 1.54) is 38.2 Å². The molecule has 0 radical (unpaired) electrons. The van der Waals surface area contributed by atoms with E-state index in [0.717, 1.165) is 43.6 Å². The van der Waals surface area contributed by atoms with Crippen molar-refractivity contribution in [2.24, 2.45) is 17.8 Å². The van der Waals surface area contributed by atoms with Gasteiger partial charge in [0, 0.05) is 19.3 Å². The molecule has 0 aromatic rings. The normalized spacial score (nSPS) is 27.4. The van der Waals surface area contributed by atoms with Gasteiger partial charge in [0.05, 0.1) is 0 Å². The van der Waals surface area contributed by atoms with Crippen molar-refractivity contribution in [1.29, 1.82) is 0 Å². The van der Waals surface area contributed by atoms with Crippen molar-refractivity contribution < 1.29 is 14.0 Å². The topological polar surface area (TPSA) is 34.1 Å². The number of hydrogen-bond acceptors (Lipinski definition) is 2. The summed E-state index contributed by atoms with van der Waals surface area (Å²) in [5.74, 6) is 1.99. The van der Waals surface area contributed by atoms with Gasteiger partial charge in [-0.25, -0.2) is 4.39 Å². The zero-order chi connectivity index (χ0) is 19.8. The van der Waals surface area contributed by atoms with Gasteiger partial charge in [0.15, 0.2) is 5.78 Å². The van der Waals surface area contributed by atoms with Crippen LogP contribution in [-0.4, -0.2) is 11.6 Å². The lowest BCUT2D eigenvalue weighted by Crippen LogP contribution is -2.17. The summed E-state index contributed by atoms with van der Waals surface area (Å²) < 4.78 is 13.2. The standard InChI is InChI=1S/C25H35FO2/c26-23-13-3-7-19(17-23)8-4-14-24(27)15-6-16-25(28)22-12-5-11-20-9-1-2-10-21(20)18-22/h3,13,17-21H,1-2,4-12,14-16H2. The number of ketones is 2. The van der Waals surface area contributed by atoms with Crippen LogP contribution >= 0.6 is 0 Å². The minimum atomic E-state index is -0.159. The van der Waals surface area contributed by atoms with Crippen molar-refractivity contribution in [1.82, 2.24) is 0 Å². The summed E-state index contributed by atoms with van der Waals surface area (Å²) in [5.41, 5.74) is 1.04. The minimum absolute atomic E-state index is 0.159. The first kappa shape index (κ1) is 21.2. The Morgan fingerprint density at radius 2 is 1.75 bits per heavy atom. The van der Waals surface area contributed by atoms with Gasteiger partial charge in [0.1, 0.15) is 11.6 Å². The maximum atomic E-state index is 13.2. The molecular formula is C25H35FO2. The predicted octanol–water partition coefficient (Wildman–Crippen LogP) is 6.81. The maximum absolute atomic E-state index is 13.2. The predicted molar refractivity (Wildman–Crippen MR) is 112 cm³/mol. The highest BCUT2D eigenvalue weighted by atomic mass is 19.1. The zero-order valence-electron chi connectivity index (χ0n) is 17.1. The zero-order valence-corrected chi connectivity index (χ0v) is 17.1. The Hall–Kier alpha value is -1.51. The number of allylic oxidation sites excluding steroid dienone is 6. The molecule has 0 aliphatic heterocycles. The second kappa shape index (κ2) is 10.9. The molecule has 0 N–H and O–H groups in total. The average Bonchev–Trinajstić information content (AvgIpc) is 2.90. The molecule has 0 aromatic heterocycles. The minimum Gasteiger partial charge on any atom is -0.300 e. The van der Waals surface area contributed by atoms with Crippen LogP contribution in [0.1, 0.15) is 89.9 Å². The fourth-order valence-corrected chi connectivity index (χ4v) is 5.14. The fourth-order valence-electron chi connectivity index (χ4n) is 5.14. The Kier molecular flexibility index (Phi) is 8.24. The Morgan fingerprint density at radius 1 is 0.964 bits per heavy atom. The largest absolute Gasteiger partial charge is 0.300 e. The molecule has 3 unspecified atom stereocenters. The second-order valence-electron chi connectivity index (χ2n) is 8.95. The molecule has 1 saturated carbocycles. The summed E-state index contributed by atoms with van der Waals surface area (Å²) in [7, 11) is 0. The molecular weight excluding hydrogens is 351 g/mol. The lowest BCUT2D eigenvalue weighted by Gasteiger charge is -2.28. The quantitative estimate of drug-likeness (QED) is 0.436. The van der Waals surface area contributed by atoms with Crippen LogP contribution in [0.2, 0.25) is 0 Å². The van der Waals surface area contributed by atoms with E-state index in [0.29, 0.717) is 31.6 Å². The van der Waals surface area contributed by atoms with E-state index in [1.54, 1.807) is 6.08 Å². The number of halogens is 1. The molecule has 0 saturated heterocycles. The fraction of sp³-hybridized carbons (Fsp3) is 0.680. The van der Waals surface area contributed by atoms with Crippen molar-refractivity contribution >= 4 is 11.6 Å². The summed E-state index contributed by atoms with van der Waals surface area (Å²) >= 11 is 0. The number of carbonyl (C=O) groups excluding carboxylic acids is 2. The summed E-state index contributed by atoms with van der Waals surface area (Å²) in [5, 5.41) is 0. The number of fused-ring (bicyclic) bond motifs is 1. The van der Waals surface area contributed by atoms with E-state index in [4.69, 9.17) is 0 Å². The Morgan fingerprint density at radius 3 is 2.61 bits per heavy atom. The van der Waals surface area contributed by atoms with Crippen LogP contribution in [-0.2, 0) is 9.59 Å². The number of rotatable bonds is 9. The van der Waals surface area contributed by atoms with Crippen LogP contribution in [0.4, 0.5) is 4.39 Å². The van der Waals surface area contributed by atoms with Crippen LogP contribution in [0.15, 0.2) is 35.7 Å². The molecule has 2 nitrogen and oxygen atoms in total. The van der Waals surface area contributed by atoms with Gasteiger partial charge in [-0.1, -0.05) is 25.0 Å². The van der Waals surface area contributed by atoms with Crippen molar-refractivity contribution in [3.05, 3.63) is 35.7 Å². The summed E-state index contributed by atoms with van der Waals surface area (Å²) in [6.07, 6.45) is 20.7. The van der Waals surface area contributed by atoms with Gasteiger partial charge in [0.25, 0.3) is 0 Å². The van der Waals surface area contributed by atoms with E-state index < -0.39 is 0 Å². The van der Waals surface area contributed by atoms with Crippen molar-refractivity contribution in [2.45, 2.75) is 89.9 Å². The average molecular weight is 387 g/mol. The number of hydrogen-bond donors (Lipinski definition) is 0. The van der Waals surface area contributed by atoms with Gasteiger partial charge in [-0.2, -0.15) is 0 Å². The van der Waals surface area contributed by atoms with Gasteiger partial charge in [0.2, 0.25) is 0 Å². The van der Waals surface area contributed by atoms with Crippen molar-refractivity contribution in [2.75, 3.05) is 0 Å². The van der Waals surface area contributed by atoms with Gasteiger partial charge in [-0.05, 0) is 93.3 Å². The molecule has 3 atom stereocenters. The van der Waals surface area contributed by atoms with Crippen LogP contribution in [0.5, 0.6) is 0 Å². The van der Waals surface area contributed by atoms with Gasteiger partial charge < -0.3 is 0 Å². The van der Waals surface area contributed by atoms with E-state index in [9.17, 15) is 14.0 Å². The number of carbonyl (C=O) groups is 2. The van der Waals surface area contributed by atoms with Crippen molar-refractivity contribution in [3.8, 4) is 0 Å². The molecule has 3 heteroatoms. The van der Waals surface area contributed by atoms with E-state index >= 15 is 0 Å². The van der Waals surface area contributed by atoms with Crippen LogP contribution < -0.4 is 0 Å². The smallest absolute Gasteiger partial charge is 0.158 e. The third-order valence-corrected chi connectivity index (χ3v) is 6.76. The molecule has 3 aliphatic rings. The highest BCUT2D eigenvalue weighted by Crippen LogP contribution is 2.38. The Bertz CT molecular complexity index is 643.